The summed E-state index contributed by atoms with van der Waals surface area (Å²) >= 11 is 0. The third kappa shape index (κ3) is 2.40. The summed E-state index contributed by atoms with van der Waals surface area (Å²) in [6.45, 7) is 14.1. The Bertz CT molecular complexity index is 404. The molecule has 3 saturated carbocycles. The lowest BCUT2D eigenvalue weighted by Gasteiger charge is -2.44. The van der Waals surface area contributed by atoms with Crippen molar-refractivity contribution in [1.29, 1.82) is 0 Å². The van der Waals surface area contributed by atoms with Crippen molar-refractivity contribution in [3.8, 4) is 0 Å². The van der Waals surface area contributed by atoms with E-state index >= 15 is 0 Å². The molecule has 0 amide bonds. The van der Waals surface area contributed by atoms with Crippen molar-refractivity contribution in [2.24, 2.45) is 29.1 Å². The van der Waals surface area contributed by atoms with E-state index in [0.717, 1.165) is 23.7 Å². The number of hydrogen-bond acceptors (Lipinski definition) is 0. The maximum absolute atomic E-state index is 4.61. The molecule has 0 aliphatic heterocycles. The average Bonchev–Trinajstić information content (AvgIpc) is 2.75. The minimum Gasteiger partial charge on any atom is -0.0996 e. The molecule has 0 N–H and O–H groups in total. The number of fused-ring (bicyclic) bond motifs is 1. The zero-order valence-corrected chi connectivity index (χ0v) is 13.6. The van der Waals surface area contributed by atoms with E-state index in [0.29, 0.717) is 5.41 Å². The third-order valence-corrected chi connectivity index (χ3v) is 6.89. The normalized spacial score (nSPS) is 46.1. The van der Waals surface area contributed by atoms with Gasteiger partial charge in [-0.1, -0.05) is 51.0 Å². The molecule has 20 heavy (non-hydrogen) atoms. The minimum atomic E-state index is 0.543. The summed E-state index contributed by atoms with van der Waals surface area (Å²) < 4.78 is 0. The first-order valence-corrected chi connectivity index (χ1v) is 8.87. The maximum Gasteiger partial charge on any atom is -0.00836 e. The highest BCUT2D eigenvalue weighted by Gasteiger charge is 2.50. The number of allylic oxidation sites excluding steroid dienone is 2. The molecule has 0 aromatic carbocycles. The second-order valence-electron chi connectivity index (χ2n) is 8.32. The van der Waals surface area contributed by atoms with Gasteiger partial charge >= 0.3 is 0 Å². The zero-order valence-electron chi connectivity index (χ0n) is 13.6. The summed E-state index contributed by atoms with van der Waals surface area (Å²) in [5.41, 5.74) is 3.70. The van der Waals surface area contributed by atoms with E-state index in [-0.39, 0.29) is 0 Å². The van der Waals surface area contributed by atoms with Crippen molar-refractivity contribution in [3.05, 3.63) is 24.3 Å². The van der Waals surface area contributed by atoms with Crippen LogP contribution in [0.2, 0.25) is 0 Å². The largest absolute Gasteiger partial charge is 0.0996 e. The summed E-state index contributed by atoms with van der Waals surface area (Å²) in [6.07, 6.45) is 12.4. The molecular formula is C20H32. The molecule has 0 aromatic heterocycles. The van der Waals surface area contributed by atoms with Crippen LogP contribution in [0.25, 0.3) is 0 Å². The molecule has 0 radical (unpaired) electrons. The Kier molecular flexibility index (Phi) is 3.86. The predicted octanol–water partition coefficient (Wildman–Crippen LogP) is 6.14. The summed E-state index contributed by atoms with van der Waals surface area (Å²) in [6, 6.07) is 0. The first kappa shape index (κ1) is 14.4. The monoisotopic (exact) mass is 272 g/mol. The Morgan fingerprint density at radius 1 is 1.00 bits per heavy atom. The molecule has 3 aliphatic rings. The van der Waals surface area contributed by atoms with Gasteiger partial charge in [0, 0.05) is 0 Å². The standard InChI is InChI=1S/C20H32/c1-14-6-5-7-15(2)18-11-13-20(4)12-10-17(9-8-14)16(3)19(18)20/h14,17-19H,2-3,5-13H2,1,4H3/t14-,17?,18-,19+,20-/m0/s1. The van der Waals surface area contributed by atoms with Gasteiger partial charge in [-0.3, -0.25) is 0 Å². The smallest absolute Gasteiger partial charge is 0.00836 e. The topological polar surface area (TPSA) is 0 Å². The van der Waals surface area contributed by atoms with Crippen molar-refractivity contribution in [2.75, 3.05) is 0 Å². The first-order chi connectivity index (χ1) is 9.51. The fourth-order valence-electron chi connectivity index (χ4n) is 5.49. The molecule has 0 heteroatoms. The number of rotatable bonds is 0. The fourth-order valence-corrected chi connectivity index (χ4v) is 5.49. The van der Waals surface area contributed by atoms with Gasteiger partial charge in [-0.15, -0.1) is 0 Å². The van der Waals surface area contributed by atoms with Crippen LogP contribution in [-0.4, -0.2) is 0 Å². The predicted molar refractivity (Wildman–Crippen MR) is 87.6 cm³/mol. The fraction of sp³-hybridized carbons (Fsp3) is 0.800. The summed E-state index contributed by atoms with van der Waals surface area (Å²) in [7, 11) is 0. The molecule has 3 aliphatic carbocycles. The van der Waals surface area contributed by atoms with Gasteiger partial charge in [0.05, 0.1) is 0 Å². The lowest BCUT2D eigenvalue weighted by atomic mass is 9.60. The zero-order chi connectivity index (χ0) is 14.3. The average molecular weight is 272 g/mol. The van der Waals surface area contributed by atoms with Gasteiger partial charge in [0.15, 0.2) is 0 Å². The van der Waals surface area contributed by atoms with Gasteiger partial charge in [0.2, 0.25) is 0 Å². The Labute approximate surface area is 125 Å². The molecule has 3 fully saturated rings. The van der Waals surface area contributed by atoms with Crippen molar-refractivity contribution >= 4 is 0 Å². The van der Waals surface area contributed by atoms with Gasteiger partial charge < -0.3 is 0 Å². The van der Waals surface area contributed by atoms with Crippen LogP contribution in [0.5, 0.6) is 0 Å². The van der Waals surface area contributed by atoms with Crippen LogP contribution in [-0.2, 0) is 0 Å². The Morgan fingerprint density at radius 2 is 1.75 bits per heavy atom. The second kappa shape index (κ2) is 5.35. The van der Waals surface area contributed by atoms with Gasteiger partial charge in [0.1, 0.15) is 0 Å². The van der Waals surface area contributed by atoms with Crippen molar-refractivity contribution in [2.45, 2.75) is 71.6 Å². The van der Waals surface area contributed by atoms with E-state index in [1.807, 2.05) is 0 Å². The molecular weight excluding hydrogens is 240 g/mol. The van der Waals surface area contributed by atoms with Crippen LogP contribution in [0.15, 0.2) is 24.3 Å². The molecule has 3 rings (SSSR count). The highest BCUT2D eigenvalue weighted by molar-refractivity contribution is 5.24. The Hall–Kier alpha value is -0.520. The first-order valence-electron chi connectivity index (χ1n) is 8.87. The van der Waals surface area contributed by atoms with Crippen LogP contribution in [0.4, 0.5) is 0 Å². The van der Waals surface area contributed by atoms with Crippen molar-refractivity contribution in [1.82, 2.24) is 0 Å². The molecule has 0 spiro atoms. The molecule has 2 bridgehead atoms. The highest BCUT2D eigenvalue weighted by Crippen LogP contribution is 2.60. The molecule has 0 heterocycles. The SMILES string of the molecule is C=C1C2CC[C@@H](C)CCCC(=C)[C@@H]3CC[C@](C)(CC2)[C@H]13. The second-order valence-corrected chi connectivity index (χ2v) is 8.32. The van der Waals surface area contributed by atoms with E-state index in [1.165, 1.54) is 57.8 Å². The van der Waals surface area contributed by atoms with Crippen LogP contribution in [0.1, 0.15) is 71.6 Å². The van der Waals surface area contributed by atoms with Gasteiger partial charge in [0.25, 0.3) is 0 Å². The third-order valence-electron chi connectivity index (χ3n) is 6.89. The molecule has 0 aromatic rings. The number of hydrogen-bond donors (Lipinski definition) is 0. The van der Waals surface area contributed by atoms with Crippen molar-refractivity contribution < 1.29 is 0 Å². The highest BCUT2D eigenvalue weighted by atomic mass is 14.5. The van der Waals surface area contributed by atoms with Crippen LogP contribution in [0.3, 0.4) is 0 Å². The summed E-state index contributed by atoms with van der Waals surface area (Å²) in [5.74, 6) is 3.20. The lowest BCUT2D eigenvalue weighted by Crippen LogP contribution is -2.35. The molecule has 0 nitrogen and oxygen atoms in total. The van der Waals surface area contributed by atoms with E-state index in [4.69, 9.17) is 0 Å². The maximum atomic E-state index is 4.61. The van der Waals surface area contributed by atoms with E-state index in [2.05, 4.69) is 27.0 Å². The summed E-state index contributed by atoms with van der Waals surface area (Å²) in [5, 5.41) is 0. The van der Waals surface area contributed by atoms with E-state index < -0.39 is 0 Å². The molecule has 0 saturated heterocycles. The lowest BCUT2D eigenvalue weighted by molar-refractivity contribution is 0.150. The molecule has 5 atom stereocenters. The minimum absolute atomic E-state index is 0.543. The Morgan fingerprint density at radius 3 is 2.55 bits per heavy atom. The van der Waals surface area contributed by atoms with Crippen LogP contribution in [0, 0.1) is 29.1 Å². The quantitative estimate of drug-likeness (QED) is 0.464. The van der Waals surface area contributed by atoms with Crippen LogP contribution < -0.4 is 0 Å². The molecule has 1 unspecified atom stereocenters. The van der Waals surface area contributed by atoms with Gasteiger partial charge in [-0.2, -0.15) is 0 Å². The van der Waals surface area contributed by atoms with E-state index in [9.17, 15) is 0 Å². The van der Waals surface area contributed by atoms with Gasteiger partial charge in [-0.25, -0.2) is 0 Å². The van der Waals surface area contributed by atoms with Crippen LogP contribution >= 0.6 is 0 Å². The summed E-state index contributed by atoms with van der Waals surface area (Å²) in [4.78, 5) is 0. The van der Waals surface area contributed by atoms with Gasteiger partial charge in [-0.05, 0) is 74.0 Å². The molecule has 112 valence electrons. The Balaban J connectivity index is 1.89. The van der Waals surface area contributed by atoms with Crippen molar-refractivity contribution in [3.63, 3.8) is 0 Å². The van der Waals surface area contributed by atoms with E-state index in [1.54, 1.807) is 11.1 Å².